The highest BCUT2D eigenvalue weighted by Crippen LogP contribution is 2.65. The predicted molar refractivity (Wildman–Crippen MR) is 92.5 cm³/mol. The van der Waals surface area contributed by atoms with Gasteiger partial charge < -0.3 is 4.74 Å². The third kappa shape index (κ3) is 2.06. The van der Waals surface area contributed by atoms with Gasteiger partial charge in [0.1, 0.15) is 5.78 Å². The first-order valence-electron chi connectivity index (χ1n) is 9.69. The third-order valence-electron chi connectivity index (χ3n) is 8.12. The topological polar surface area (TPSA) is 43.4 Å². The van der Waals surface area contributed by atoms with E-state index in [1.165, 1.54) is 5.57 Å². The standard InChI is InChI=1S/C21H30O3/c1-13-10-15-16-4-5-19(23)20(16,2)8-7-17(15)21(12-24-3)9-6-14(22)11-18(13)21/h11,13,15-17H,4-10,12H2,1-3H3/t13?,15-,16-,17+,20-,21-/m0/s1. The molecule has 132 valence electrons. The molecule has 0 saturated heterocycles. The molecule has 0 radical (unpaired) electrons. The average Bonchev–Trinajstić information content (AvgIpc) is 2.85. The summed E-state index contributed by atoms with van der Waals surface area (Å²) in [5, 5.41) is 0. The molecule has 4 rings (SSSR count). The molecule has 0 bridgehead atoms. The van der Waals surface area contributed by atoms with Crippen LogP contribution in [0.3, 0.4) is 0 Å². The first-order chi connectivity index (χ1) is 11.4. The molecule has 24 heavy (non-hydrogen) atoms. The Hall–Kier alpha value is -0.960. The smallest absolute Gasteiger partial charge is 0.155 e. The van der Waals surface area contributed by atoms with E-state index in [9.17, 15) is 9.59 Å². The highest BCUT2D eigenvalue weighted by molar-refractivity contribution is 5.92. The second-order valence-electron chi connectivity index (χ2n) is 9.09. The maximum atomic E-state index is 12.5. The van der Waals surface area contributed by atoms with Gasteiger partial charge in [0.2, 0.25) is 0 Å². The average molecular weight is 330 g/mol. The second-order valence-corrected chi connectivity index (χ2v) is 9.09. The van der Waals surface area contributed by atoms with Crippen LogP contribution in [0.5, 0.6) is 0 Å². The normalized spacial score (nSPS) is 47.7. The first kappa shape index (κ1) is 16.5. The number of fused-ring (bicyclic) bond motifs is 5. The Balaban J connectivity index is 1.77. The summed E-state index contributed by atoms with van der Waals surface area (Å²) in [5.74, 6) is 2.96. The zero-order chi connectivity index (χ0) is 17.1. The van der Waals surface area contributed by atoms with Crippen LogP contribution in [0.15, 0.2) is 11.6 Å². The molecule has 0 aromatic heterocycles. The summed E-state index contributed by atoms with van der Waals surface area (Å²) in [7, 11) is 1.79. The quantitative estimate of drug-likeness (QED) is 0.770. The van der Waals surface area contributed by atoms with Gasteiger partial charge in [0.05, 0.1) is 6.61 Å². The Labute approximate surface area is 145 Å². The maximum Gasteiger partial charge on any atom is 0.155 e. The molecule has 0 aromatic carbocycles. The summed E-state index contributed by atoms with van der Waals surface area (Å²) in [6, 6.07) is 0. The lowest BCUT2D eigenvalue weighted by Gasteiger charge is -2.59. The van der Waals surface area contributed by atoms with Gasteiger partial charge in [-0.15, -0.1) is 0 Å². The van der Waals surface area contributed by atoms with Crippen molar-refractivity contribution < 1.29 is 14.3 Å². The first-order valence-corrected chi connectivity index (χ1v) is 9.69. The van der Waals surface area contributed by atoms with Crippen LogP contribution in [-0.4, -0.2) is 25.3 Å². The molecule has 0 amide bonds. The van der Waals surface area contributed by atoms with E-state index in [0.717, 1.165) is 45.1 Å². The van der Waals surface area contributed by atoms with Gasteiger partial charge in [0.15, 0.2) is 5.78 Å². The number of rotatable bonds is 2. The molecule has 0 aromatic rings. The van der Waals surface area contributed by atoms with Gasteiger partial charge in [-0.25, -0.2) is 0 Å². The minimum atomic E-state index is -0.0825. The number of carbonyl (C=O) groups is 2. The Morgan fingerprint density at radius 2 is 1.96 bits per heavy atom. The lowest BCUT2D eigenvalue weighted by molar-refractivity contribution is -0.135. The van der Waals surface area contributed by atoms with Crippen LogP contribution in [-0.2, 0) is 14.3 Å². The molecule has 3 nitrogen and oxygen atoms in total. The number of carbonyl (C=O) groups excluding carboxylic acids is 2. The summed E-state index contributed by atoms with van der Waals surface area (Å²) < 4.78 is 5.71. The molecular weight excluding hydrogens is 300 g/mol. The molecule has 1 unspecified atom stereocenters. The fourth-order valence-electron chi connectivity index (χ4n) is 7.04. The third-order valence-corrected chi connectivity index (χ3v) is 8.12. The van der Waals surface area contributed by atoms with Crippen LogP contribution in [0.4, 0.5) is 0 Å². The highest BCUT2D eigenvalue weighted by atomic mass is 16.5. The molecule has 4 aliphatic rings. The van der Waals surface area contributed by atoms with E-state index in [4.69, 9.17) is 4.74 Å². The van der Waals surface area contributed by atoms with Crippen LogP contribution in [0.1, 0.15) is 58.8 Å². The van der Waals surface area contributed by atoms with Crippen molar-refractivity contribution in [3.63, 3.8) is 0 Å². The van der Waals surface area contributed by atoms with Crippen molar-refractivity contribution in [1.29, 1.82) is 0 Å². The van der Waals surface area contributed by atoms with E-state index in [1.54, 1.807) is 7.11 Å². The molecule has 0 spiro atoms. The Morgan fingerprint density at radius 1 is 1.17 bits per heavy atom. The molecule has 0 aliphatic heterocycles. The van der Waals surface area contributed by atoms with Crippen molar-refractivity contribution in [2.24, 2.45) is 34.5 Å². The van der Waals surface area contributed by atoms with Gasteiger partial charge >= 0.3 is 0 Å². The Bertz CT molecular complexity index is 606. The molecule has 3 fully saturated rings. The number of hydrogen-bond acceptors (Lipinski definition) is 3. The molecular formula is C21H30O3. The van der Waals surface area contributed by atoms with Crippen molar-refractivity contribution >= 4 is 11.6 Å². The second kappa shape index (κ2) is 5.52. The number of methoxy groups -OCH3 is 1. The molecule has 4 aliphatic carbocycles. The van der Waals surface area contributed by atoms with Crippen LogP contribution < -0.4 is 0 Å². The molecule has 6 atom stereocenters. The summed E-state index contributed by atoms with van der Waals surface area (Å²) >= 11 is 0. The van der Waals surface area contributed by atoms with Crippen molar-refractivity contribution in [1.82, 2.24) is 0 Å². The van der Waals surface area contributed by atoms with E-state index in [-0.39, 0.29) is 10.8 Å². The summed E-state index contributed by atoms with van der Waals surface area (Å²) in [6.45, 7) is 5.25. The van der Waals surface area contributed by atoms with Gasteiger partial charge in [-0.3, -0.25) is 9.59 Å². The lowest BCUT2D eigenvalue weighted by Crippen LogP contribution is -2.55. The molecule has 0 heterocycles. The van der Waals surface area contributed by atoms with Gasteiger partial charge in [0, 0.05) is 30.8 Å². The van der Waals surface area contributed by atoms with E-state index in [1.807, 2.05) is 6.08 Å². The van der Waals surface area contributed by atoms with Crippen molar-refractivity contribution in [2.75, 3.05) is 13.7 Å². The number of ketones is 2. The Kier molecular flexibility index (Phi) is 3.80. The van der Waals surface area contributed by atoms with Crippen molar-refractivity contribution in [2.45, 2.75) is 58.8 Å². The largest absolute Gasteiger partial charge is 0.384 e. The van der Waals surface area contributed by atoms with E-state index < -0.39 is 0 Å². The number of ether oxygens (including phenoxy) is 1. The van der Waals surface area contributed by atoms with Crippen LogP contribution >= 0.6 is 0 Å². The molecule has 3 saturated carbocycles. The zero-order valence-electron chi connectivity index (χ0n) is 15.3. The monoisotopic (exact) mass is 330 g/mol. The summed E-state index contributed by atoms with van der Waals surface area (Å²) in [6.07, 6.45) is 8.68. The fourth-order valence-corrected chi connectivity index (χ4v) is 7.04. The number of Topliss-reactive ketones (excluding diaryl/α,β-unsaturated/α-hetero) is 1. The van der Waals surface area contributed by atoms with E-state index in [2.05, 4.69) is 13.8 Å². The minimum Gasteiger partial charge on any atom is -0.384 e. The minimum absolute atomic E-state index is 0.0396. The van der Waals surface area contributed by atoms with Crippen LogP contribution in [0, 0.1) is 34.5 Å². The van der Waals surface area contributed by atoms with Gasteiger partial charge in [0.25, 0.3) is 0 Å². The molecule has 0 N–H and O–H groups in total. The Morgan fingerprint density at radius 3 is 2.71 bits per heavy atom. The summed E-state index contributed by atoms with van der Waals surface area (Å²) in [4.78, 5) is 24.6. The van der Waals surface area contributed by atoms with Gasteiger partial charge in [-0.1, -0.05) is 19.4 Å². The number of hydrogen-bond donors (Lipinski definition) is 0. The zero-order valence-corrected chi connectivity index (χ0v) is 15.3. The van der Waals surface area contributed by atoms with Crippen molar-refractivity contribution in [3.05, 3.63) is 11.6 Å². The maximum absolute atomic E-state index is 12.5. The van der Waals surface area contributed by atoms with Crippen molar-refractivity contribution in [3.8, 4) is 0 Å². The van der Waals surface area contributed by atoms with E-state index >= 15 is 0 Å². The summed E-state index contributed by atoms with van der Waals surface area (Å²) in [5.41, 5.74) is 1.31. The fraction of sp³-hybridized carbons (Fsp3) is 0.810. The SMILES string of the molecule is COC[C@]12CCC(=O)C=C1C(C)C[C@@H]1[C@H]2CC[C@]2(C)C(=O)CC[C@@H]12. The predicted octanol–water partition coefficient (Wildman–Crippen LogP) is 3.96. The van der Waals surface area contributed by atoms with Gasteiger partial charge in [-0.05, 0) is 61.9 Å². The molecule has 3 heteroatoms. The lowest BCUT2D eigenvalue weighted by atomic mass is 9.45. The van der Waals surface area contributed by atoms with Gasteiger partial charge in [-0.2, -0.15) is 0 Å². The van der Waals surface area contributed by atoms with Crippen LogP contribution in [0.2, 0.25) is 0 Å². The highest BCUT2D eigenvalue weighted by Gasteiger charge is 2.61. The van der Waals surface area contributed by atoms with E-state index in [0.29, 0.717) is 41.7 Å². The van der Waals surface area contributed by atoms with Crippen LogP contribution in [0.25, 0.3) is 0 Å².